The van der Waals surface area contributed by atoms with Gasteiger partial charge < -0.3 is 4.90 Å². The Labute approximate surface area is 118 Å². The maximum atomic E-state index is 4.45. The molecule has 1 unspecified atom stereocenters. The third kappa shape index (κ3) is 2.60. The summed E-state index contributed by atoms with van der Waals surface area (Å²) in [6.07, 6.45) is 3.63. The van der Waals surface area contributed by atoms with Crippen LogP contribution in [0.15, 0.2) is 29.0 Å². The SMILES string of the molecule is CC(CBr)N(C)c1ccnc2cc(Br)cnc12. The smallest absolute Gasteiger partial charge is 0.112 e. The number of rotatable bonds is 3. The van der Waals surface area contributed by atoms with Gasteiger partial charge in [0.1, 0.15) is 5.52 Å². The molecule has 1 atom stereocenters. The number of pyridine rings is 2. The Morgan fingerprint density at radius 1 is 1.41 bits per heavy atom. The van der Waals surface area contributed by atoms with Crippen molar-refractivity contribution < 1.29 is 0 Å². The zero-order chi connectivity index (χ0) is 12.4. The molecule has 2 aromatic rings. The first-order chi connectivity index (χ1) is 8.13. The normalized spacial score (nSPS) is 12.7. The van der Waals surface area contributed by atoms with Crippen LogP contribution in [0.2, 0.25) is 0 Å². The van der Waals surface area contributed by atoms with Gasteiger partial charge >= 0.3 is 0 Å². The molecule has 3 nitrogen and oxygen atoms in total. The molecule has 0 radical (unpaired) electrons. The summed E-state index contributed by atoms with van der Waals surface area (Å²) >= 11 is 6.92. The molecule has 0 aromatic carbocycles. The highest BCUT2D eigenvalue weighted by atomic mass is 79.9. The third-order valence-corrected chi connectivity index (χ3v) is 4.16. The van der Waals surface area contributed by atoms with E-state index >= 15 is 0 Å². The Kier molecular flexibility index (Phi) is 3.99. The van der Waals surface area contributed by atoms with Crippen molar-refractivity contribution in [3.05, 3.63) is 29.0 Å². The summed E-state index contributed by atoms with van der Waals surface area (Å²) in [5, 5.41) is 0.920. The molecule has 0 spiro atoms. The maximum absolute atomic E-state index is 4.45. The Hall–Kier alpha value is -0.680. The van der Waals surface area contributed by atoms with E-state index in [0.29, 0.717) is 6.04 Å². The lowest BCUT2D eigenvalue weighted by Crippen LogP contribution is -2.30. The molecule has 2 rings (SSSR count). The highest BCUT2D eigenvalue weighted by Crippen LogP contribution is 2.25. The molecule has 0 saturated carbocycles. The Balaban J connectivity index is 2.54. The Bertz CT molecular complexity index is 530. The molecule has 0 fully saturated rings. The van der Waals surface area contributed by atoms with Gasteiger partial charge in [0, 0.05) is 35.3 Å². The molecule has 5 heteroatoms. The molecule has 0 aliphatic rings. The van der Waals surface area contributed by atoms with E-state index in [9.17, 15) is 0 Å². The largest absolute Gasteiger partial charge is 0.369 e. The fourth-order valence-corrected chi connectivity index (χ4v) is 2.37. The van der Waals surface area contributed by atoms with E-state index in [2.05, 4.69) is 60.7 Å². The van der Waals surface area contributed by atoms with Gasteiger partial charge in [-0.15, -0.1) is 0 Å². The van der Waals surface area contributed by atoms with Crippen molar-refractivity contribution >= 4 is 48.6 Å². The van der Waals surface area contributed by atoms with Crippen LogP contribution in [-0.2, 0) is 0 Å². The van der Waals surface area contributed by atoms with Crippen molar-refractivity contribution in [2.75, 3.05) is 17.3 Å². The van der Waals surface area contributed by atoms with Crippen LogP contribution in [0.25, 0.3) is 11.0 Å². The highest BCUT2D eigenvalue weighted by molar-refractivity contribution is 9.10. The predicted molar refractivity (Wildman–Crippen MR) is 78.9 cm³/mol. The minimum atomic E-state index is 0.408. The fraction of sp³-hybridized carbons (Fsp3) is 0.333. The molecule has 2 heterocycles. The van der Waals surface area contributed by atoms with Crippen LogP contribution in [0.5, 0.6) is 0 Å². The van der Waals surface area contributed by atoms with E-state index in [1.165, 1.54) is 0 Å². The van der Waals surface area contributed by atoms with Crippen molar-refractivity contribution in [2.45, 2.75) is 13.0 Å². The lowest BCUT2D eigenvalue weighted by Gasteiger charge is -2.26. The molecule has 0 aliphatic heterocycles. The van der Waals surface area contributed by atoms with E-state index in [1.807, 2.05) is 18.3 Å². The van der Waals surface area contributed by atoms with Gasteiger partial charge in [0.2, 0.25) is 0 Å². The minimum Gasteiger partial charge on any atom is -0.369 e. The Morgan fingerprint density at radius 2 is 2.18 bits per heavy atom. The molecule has 0 saturated heterocycles. The molecule has 0 aliphatic carbocycles. The predicted octanol–water partition coefficient (Wildman–Crippen LogP) is 3.61. The second kappa shape index (κ2) is 5.31. The van der Waals surface area contributed by atoms with Crippen molar-refractivity contribution in [1.82, 2.24) is 9.97 Å². The number of aromatic nitrogens is 2. The van der Waals surface area contributed by atoms with E-state index in [4.69, 9.17) is 0 Å². The highest BCUT2D eigenvalue weighted by Gasteiger charge is 2.12. The maximum Gasteiger partial charge on any atom is 0.112 e. The van der Waals surface area contributed by atoms with Gasteiger partial charge in [0.15, 0.2) is 0 Å². The zero-order valence-electron chi connectivity index (χ0n) is 9.69. The van der Waals surface area contributed by atoms with Gasteiger partial charge in [-0.25, -0.2) is 0 Å². The second-order valence-corrected chi connectivity index (χ2v) is 5.53. The minimum absolute atomic E-state index is 0.408. The van der Waals surface area contributed by atoms with E-state index in [-0.39, 0.29) is 0 Å². The first kappa shape index (κ1) is 12.8. The number of fused-ring (bicyclic) bond motifs is 1. The molecule has 17 heavy (non-hydrogen) atoms. The van der Waals surface area contributed by atoms with Crippen LogP contribution < -0.4 is 4.90 Å². The molecule has 0 amide bonds. The molecule has 0 N–H and O–H groups in total. The van der Waals surface area contributed by atoms with Gasteiger partial charge in [0.05, 0.1) is 11.2 Å². The van der Waals surface area contributed by atoms with Gasteiger partial charge in [-0.2, -0.15) is 0 Å². The summed E-state index contributed by atoms with van der Waals surface area (Å²) in [6, 6.07) is 4.40. The summed E-state index contributed by atoms with van der Waals surface area (Å²) in [4.78, 5) is 11.0. The van der Waals surface area contributed by atoms with E-state index in [0.717, 1.165) is 26.5 Å². The standard InChI is InChI=1S/C12H13Br2N3/c1-8(6-13)17(2)11-3-4-15-10-5-9(14)7-16-12(10)11/h3-5,7-8H,6H2,1-2H3. The van der Waals surface area contributed by atoms with Crippen LogP contribution >= 0.6 is 31.9 Å². The number of halogens is 2. The topological polar surface area (TPSA) is 29.0 Å². The number of hydrogen-bond acceptors (Lipinski definition) is 3. The Morgan fingerprint density at radius 3 is 2.88 bits per heavy atom. The summed E-state index contributed by atoms with van der Waals surface area (Å²) < 4.78 is 0.950. The summed E-state index contributed by atoms with van der Waals surface area (Å²) in [5.41, 5.74) is 2.95. The number of anilines is 1. The zero-order valence-corrected chi connectivity index (χ0v) is 12.9. The van der Waals surface area contributed by atoms with Crippen LogP contribution in [0, 0.1) is 0 Å². The van der Waals surface area contributed by atoms with Crippen molar-refractivity contribution in [2.24, 2.45) is 0 Å². The second-order valence-electron chi connectivity index (χ2n) is 3.97. The number of hydrogen-bond donors (Lipinski definition) is 0. The average Bonchev–Trinajstić information content (AvgIpc) is 2.35. The first-order valence-corrected chi connectivity index (χ1v) is 7.24. The van der Waals surface area contributed by atoms with Crippen LogP contribution in [-0.4, -0.2) is 28.4 Å². The summed E-state index contributed by atoms with van der Waals surface area (Å²) in [6.45, 7) is 2.17. The number of alkyl halides is 1. The van der Waals surface area contributed by atoms with Crippen molar-refractivity contribution in [3.63, 3.8) is 0 Å². The lowest BCUT2D eigenvalue weighted by atomic mass is 10.2. The molecular weight excluding hydrogens is 346 g/mol. The molecule has 90 valence electrons. The number of nitrogens with zero attached hydrogens (tertiary/aromatic N) is 3. The third-order valence-electron chi connectivity index (χ3n) is 2.79. The average molecular weight is 359 g/mol. The van der Waals surface area contributed by atoms with Gasteiger partial charge in [-0.1, -0.05) is 15.9 Å². The quantitative estimate of drug-likeness (QED) is 0.785. The van der Waals surface area contributed by atoms with Gasteiger partial charge in [0.25, 0.3) is 0 Å². The monoisotopic (exact) mass is 357 g/mol. The summed E-state index contributed by atoms with van der Waals surface area (Å²) in [7, 11) is 2.07. The molecular formula is C12H13Br2N3. The van der Waals surface area contributed by atoms with Crippen LogP contribution in [0.4, 0.5) is 5.69 Å². The van der Waals surface area contributed by atoms with E-state index in [1.54, 1.807) is 6.20 Å². The summed E-state index contributed by atoms with van der Waals surface area (Å²) in [5.74, 6) is 0. The fourth-order valence-electron chi connectivity index (χ4n) is 1.62. The lowest BCUT2D eigenvalue weighted by molar-refractivity contribution is 0.771. The van der Waals surface area contributed by atoms with E-state index < -0.39 is 0 Å². The molecule has 0 bridgehead atoms. The van der Waals surface area contributed by atoms with Crippen molar-refractivity contribution in [1.29, 1.82) is 0 Å². The van der Waals surface area contributed by atoms with Crippen LogP contribution in [0.1, 0.15) is 6.92 Å². The van der Waals surface area contributed by atoms with Crippen molar-refractivity contribution in [3.8, 4) is 0 Å². The molecule has 2 aromatic heterocycles. The van der Waals surface area contributed by atoms with Gasteiger partial charge in [-0.05, 0) is 35.0 Å². The first-order valence-electron chi connectivity index (χ1n) is 5.32. The van der Waals surface area contributed by atoms with Crippen LogP contribution in [0.3, 0.4) is 0 Å². The van der Waals surface area contributed by atoms with Gasteiger partial charge in [-0.3, -0.25) is 9.97 Å².